The van der Waals surface area contributed by atoms with Crippen LogP contribution in [0.25, 0.3) is 0 Å². The van der Waals surface area contributed by atoms with Gasteiger partial charge in [0.1, 0.15) is 5.82 Å². The number of amidine groups is 1. The zero-order chi connectivity index (χ0) is 21.7. The van der Waals surface area contributed by atoms with Gasteiger partial charge in [0.05, 0.1) is 9.40 Å². The first kappa shape index (κ1) is 21.7. The summed E-state index contributed by atoms with van der Waals surface area (Å²) in [6.45, 7) is 1.19. The third kappa shape index (κ3) is 5.10. The Morgan fingerprint density at radius 2 is 1.90 bits per heavy atom. The number of hydrazone groups is 1. The molecule has 1 fully saturated rings. The highest BCUT2D eigenvalue weighted by atomic mass is 79.9. The molecule has 11 heteroatoms. The van der Waals surface area contributed by atoms with Gasteiger partial charge in [-0.2, -0.15) is 5.59 Å². The molecule has 0 saturated carbocycles. The van der Waals surface area contributed by atoms with E-state index in [2.05, 4.69) is 31.2 Å². The van der Waals surface area contributed by atoms with Crippen LogP contribution in [0.3, 0.4) is 0 Å². The highest BCUT2D eigenvalue weighted by molar-refractivity contribution is 9.10. The second-order valence-electron chi connectivity index (χ2n) is 6.71. The summed E-state index contributed by atoms with van der Waals surface area (Å²) in [5.74, 6) is -1.11. The first-order chi connectivity index (χ1) is 14.4. The Morgan fingerprint density at radius 3 is 2.47 bits per heavy atom. The van der Waals surface area contributed by atoms with Gasteiger partial charge in [0.25, 0.3) is 5.69 Å². The van der Waals surface area contributed by atoms with Gasteiger partial charge in [-0.25, -0.2) is 4.39 Å². The van der Waals surface area contributed by atoms with Crippen LogP contribution in [0.2, 0.25) is 0 Å². The van der Waals surface area contributed by atoms with Crippen LogP contribution in [0.5, 0.6) is 0 Å². The Kier molecular flexibility index (Phi) is 6.95. The minimum absolute atomic E-state index is 0.0275. The van der Waals surface area contributed by atoms with Crippen LogP contribution in [0.4, 0.5) is 21.5 Å². The number of ketones is 1. The van der Waals surface area contributed by atoms with Gasteiger partial charge >= 0.3 is 0 Å². The normalized spacial score (nSPS) is 15.0. The van der Waals surface area contributed by atoms with E-state index in [4.69, 9.17) is 5.21 Å². The summed E-state index contributed by atoms with van der Waals surface area (Å²) in [6, 6.07) is 10.4. The smallest absolute Gasteiger partial charge is 0.269 e. The molecule has 3 N–H and O–H groups in total. The van der Waals surface area contributed by atoms with Crippen molar-refractivity contribution in [3.63, 3.8) is 0 Å². The van der Waals surface area contributed by atoms with E-state index in [1.165, 1.54) is 30.3 Å². The number of nitro benzene ring substituents is 1. The summed E-state index contributed by atoms with van der Waals surface area (Å²) in [4.78, 5) is 25.3. The summed E-state index contributed by atoms with van der Waals surface area (Å²) in [6.07, 6.45) is 1.10. The van der Waals surface area contributed by atoms with Gasteiger partial charge in [0.15, 0.2) is 5.84 Å². The molecule has 2 aromatic rings. The summed E-state index contributed by atoms with van der Waals surface area (Å²) in [7, 11) is 0. The van der Waals surface area contributed by atoms with E-state index in [1.807, 2.05) is 0 Å². The fraction of sp³-hybridized carbons (Fsp3) is 0.263. The number of benzene rings is 2. The predicted octanol–water partition coefficient (Wildman–Crippen LogP) is 3.69. The Balaban J connectivity index is 1.64. The maximum Gasteiger partial charge on any atom is 0.269 e. The largest absolute Gasteiger partial charge is 0.371 e. The van der Waals surface area contributed by atoms with Crippen molar-refractivity contribution in [3.05, 3.63) is 62.9 Å². The predicted molar refractivity (Wildman–Crippen MR) is 113 cm³/mol. The van der Waals surface area contributed by atoms with Gasteiger partial charge in [-0.3, -0.25) is 20.1 Å². The van der Waals surface area contributed by atoms with Gasteiger partial charge in [-0.15, -0.1) is 5.10 Å². The van der Waals surface area contributed by atoms with Gasteiger partial charge < -0.3 is 10.2 Å². The first-order valence-corrected chi connectivity index (χ1v) is 9.91. The maximum atomic E-state index is 13.4. The lowest BCUT2D eigenvalue weighted by Crippen LogP contribution is -2.40. The molecule has 2 aromatic carbocycles. The lowest BCUT2D eigenvalue weighted by molar-refractivity contribution is -0.384. The van der Waals surface area contributed by atoms with Crippen LogP contribution in [-0.4, -0.2) is 34.8 Å². The van der Waals surface area contributed by atoms with E-state index in [-0.39, 0.29) is 27.7 Å². The van der Waals surface area contributed by atoms with Crippen molar-refractivity contribution >= 4 is 44.6 Å². The minimum Gasteiger partial charge on any atom is -0.371 e. The van der Waals surface area contributed by atoms with E-state index in [1.54, 1.807) is 17.7 Å². The molecule has 1 heterocycles. The Labute approximate surface area is 179 Å². The number of nitro groups is 1. The maximum absolute atomic E-state index is 13.4. The molecular formula is C19H19BrFN5O4. The Hall–Kier alpha value is -3.05. The van der Waals surface area contributed by atoms with Gasteiger partial charge in [-0.05, 0) is 59.1 Å². The lowest BCUT2D eigenvalue weighted by atomic mass is 9.91. The number of nitrogens with one attached hydrogen (secondary N) is 2. The lowest BCUT2D eigenvalue weighted by Gasteiger charge is -2.33. The van der Waals surface area contributed by atoms with Gasteiger partial charge in [0.2, 0.25) is 5.78 Å². The molecular weight excluding hydrogens is 461 g/mol. The molecule has 0 aromatic heterocycles. The van der Waals surface area contributed by atoms with E-state index in [0.29, 0.717) is 31.6 Å². The number of non-ortho nitro benzene ring substituents is 1. The molecule has 0 spiro atoms. The molecule has 1 saturated heterocycles. The molecule has 0 aliphatic carbocycles. The zero-order valence-electron chi connectivity index (χ0n) is 15.7. The van der Waals surface area contributed by atoms with Crippen molar-refractivity contribution in [1.29, 1.82) is 0 Å². The average Bonchev–Trinajstić information content (AvgIpc) is 2.75. The van der Waals surface area contributed by atoms with Crippen molar-refractivity contribution in [2.75, 3.05) is 23.3 Å². The van der Waals surface area contributed by atoms with Crippen molar-refractivity contribution in [3.8, 4) is 0 Å². The van der Waals surface area contributed by atoms with Crippen molar-refractivity contribution < 1.29 is 19.3 Å². The van der Waals surface area contributed by atoms with E-state index in [9.17, 15) is 19.3 Å². The average molecular weight is 480 g/mol. The molecule has 1 aliphatic heterocycles. The summed E-state index contributed by atoms with van der Waals surface area (Å²) >= 11 is 3.08. The fourth-order valence-electron chi connectivity index (χ4n) is 3.28. The standard InChI is InChI=1S/C19H19BrFN5O4/c20-16-11-13(1-6-17(16)21)22-19(23-24-28)18(27)12-7-9-25(10-8-12)14-2-4-15(5-3-14)26(29)30/h1-6,11-12,24,28H,7-10H2,(H,22,23). The minimum atomic E-state index is -0.447. The highest BCUT2D eigenvalue weighted by Crippen LogP contribution is 2.26. The zero-order valence-corrected chi connectivity index (χ0v) is 17.3. The second-order valence-corrected chi connectivity index (χ2v) is 7.57. The monoisotopic (exact) mass is 479 g/mol. The van der Waals surface area contributed by atoms with Crippen molar-refractivity contribution in [1.82, 2.24) is 5.59 Å². The van der Waals surface area contributed by atoms with E-state index in [0.717, 1.165) is 5.69 Å². The molecule has 0 unspecified atom stereocenters. The number of anilines is 2. The number of carbonyl (C=O) groups excluding carboxylic acids is 1. The van der Waals surface area contributed by atoms with E-state index >= 15 is 0 Å². The van der Waals surface area contributed by atoms with E-state index < -0.39 is 10.7 Å². The van der Waals surface area contributed by atoms with Crippen LogP contribution >= 0.6 is 15.9 Å². The number of rotatable bonds is 6. The van der Waals surface area contributed by atoms with Gasteiger partial charge in [-0.1, -0.05) is 0 Å². The first-order valence-electron chi connectivity index (χ1n) is 9.11. The van der Waals surface area contributed by atoms with Gasteiger partial charge in [0, 0.05) is 42.5 Å². The molecule has 30 heavy (non-hydrogen) atoms. The number of hydrogen-bond donors (Lipinski definition) is 3. The van der Waals surface area contributed by atoms with Crippen LogP contribution in [0.1, 0.15) is 12.8 Å². The van der Waals surface area contributed by atoms with Crippen LogP contribution < -0.4 is 15.8 Å². The third-order valence-corrected chi connectivity index (χ3v) is 5.48. The molecule has 0 bridgehead atoms. The quantitative estimate of drug-likeness (QED) is 0.250. The molecule has 0 radical (unpaired) electrons. The number of carbonyl (C=O) groups is 1. The third-order valence-electron chi connectivity index (χ3n) is 4.87. The molecule has 3 rings (SSSR count). The Bertz CT molecular complexity index is 962. The van der Waals surface area contributed by atoms with Crippen LogP contribution in [-0.2, 0) is 4.79 Å². The molecule has 0 atom stereocenters. The number of hydrogen-bond acceptors (Lipinski definition) is 7. The molecule has 158 valence electrons. The topological polar surface area (TPSA) is 120 Å². The molecule has 1 aliphatic rings. The Morgan fingerprint density at radius 1 is 1.23 bits per heavy atom. The molecule has 9 nitrogen and oxygen atoms in total. The van der Waals surface area contributed by atoms with Crippen LogP contribution in [0.15, 0.2) is 52.0 Å². The number of halogens is 2. The second kappa shape index (κ2) is 9.63. The van der Waals surface area contributed by atoms with Crippen LogP contribution in [0, 0.1) is 21.8 Å². The number of Topliss-reactive ketones (excluding diaryl/α,β-unsaturated/α-hetero) is 1. The summed E-state index contributed by atoms with van der Waals surface area (Å²) in [5, 5.41) is 26.2. The summed E-state index contributed by atoms with van der Waals surface area (Å²) < 4.78 is 13.6. The highest BCUT2D eigenvalue weighted by Gasteiger charge is 2.29. The SMILES string of the molecule is O=C(/C(=N/NO)Nc1ccc(F)c(Br)c1)C1CCN(c2ccc([N+](=O)[O-])cc2)CC1. The number of piperidine rings is 1. The summed E-state index contributed by atoms with van der Waals surface area (Å²) in [5.41, 5.74) is 2.96. The van der Waals surface area contributed by atoms with Crippen molar-refractivity contribution in [2.24, 2.45) is 11.0 Å². The van der Waals surface area contributed by atoms with Crippen molar-refractivity contribution in [2.45, 2.75) is 12.8 Å². The fourth-order valence-corrected chi connectivity index (χ4v) is 3.66. The molecule has 0 amide bonds. The number of nitrogens with zero attached hydrogens (tertiary/aromatic N) is 3.